The van der Waals surface area contributed by atoms with Crippen LogP contribution in [0.1, 0.15) is 37.1 Å². The van der Waals surface area contributed by atoms with Crippen molar-refractivity contribution in [2.24, 2.45) is 5.92 Å². The van der Waals surface area contributed by atoms with Crippen LogP contribution in [-0.4, -0.2) is 25.9 Å². The molecular weight excluding hydrogens is 276 g/mol. The van der Waals surface area contributed by atoms with Gasteiger partial charge in [-0.3, -0.25) is 0 Å². The van der Waals surface area contributed by atoms with Gasteiger partial charge in [0.15, 0.2) is 11.5 Å². The van der Waals surface area contributed by atoms with Crippen molar-refractivity contribution in [3.05, 3.63) is 23.8 Å². The van der Waals surface area contributed by atoms with E-state index >= 15 is 0 Å². The minimum Gasteiger partial charge on any atom is -0.486 e. The average Bonchev–Trinajstić information content (AvgIpc) is 2.44. The van der Waals surface area contributed by atoms with Gasteiger partial charge in [0.2, 0.25) is 0 Å². The first-order valence-electron chi connectivity index (χ1n) is 7.41. The second-order valence-electron chi connectivity index (χ2n) is 5.52. The summed E-state index contributed by atoms with van der Waals surface area (Å²) in [6.07, 6.45) is 3.74. The van der Waals surface area contributed by atoms with Gasteiger partial charge in [-0.1, -0.05) is 6.07 Å². The summed E-state index contributed by atoms with van der Waals surface area (Å²) in [7, 11) is 0. The first-order chi connectivity index (χ1) is 9.76. The maximum absolute atomic E-state index is 6.54. The molecule has 1 aromatic rings. The molecule has 0 amide bonds. The highest BCUT2D eigenvalue weighted by molar-refractivity contribution is 6.20. The monoisotopic (exact) mass is 296 g/mol. The van der Waals surface area contributed by atoms with Crippen molar-refractivity contribution in [2.75, 3.05) is 19.8 Å². The molecule has 1 atom stereocenters. The molecule has 0 saturated heterocycles. The Morgan fingerprint density at radius 1 is 1.25 bits per heavy atom. The Morgan fingerprint density at radius 3 is 2.75 bits per heavy atom. The first-order valence-corrected chi connectivity index (χ1v) is 7.85. The smallest absolute Gasteiger partial charge is 0.161 e. The van der Waals surface area contributed by atoms with Crippen molar-refractivity contribution in [3.8, 4) is 11.5 Å². The molecule has 1 aliphatic heterocycles. The predicted octanol–water partition coefficient (Wildman–Crippen LogP) is 3.94. The summed E-state index contributed by atoms with van der Waals surface area (Å²) in [4.78, 5) is 0. The van der Waals surface area contributed by atoms with E-state index < -0.39 is 0 Å². The number of fused-ring (bicyclic) bond motifs is 1. The highest BCUT2D eigenvalue weighted by atomic mass is 35.5. The summed E-state index contributed by atoms with van der Waals surface area (Å²) in [5.41, 5.74) is 1.12. The molecule has 20 heavy (non-hydrogen) atoms. The third-order valence-electron chi connectivity index (χ3n) is 4.06. The second kappa shape index (κ2) is 6.23. The van der Waals surface area contributed by atoms with Crippen LogP contribution in [-0.2, 0) is 4.74 Å². The number of benzene rings is 1. The molecule has 3 nitrogen and oxygen atoms in total. The van der Waals surface area contributed by atoms with E-state index in [-0.39, 0.29) is 5.38 Å². The molecule has 1 aromatic carbocycles. The number of halogens is 1. The second-order valence-corrected chi connectivity index (χ2v) is 6.05. The molecule has 1 aliphatic carbocycles. The highest BCUT2D eigenvalue weighted by Gasteiger charge is 2.31. The van der Waals surface area contributed by atoms with Gasteiger partial charge in [-0.25, -0.2) is 0 Å². The minimum absolute atomic E-state index is 0.0402. The summed E-state index contributed by atoms with van der Waals surface area (Å²) < 4.78 is 16.7. The van der Waals surface area contributed by atoms with Crippen molar-refractivity contribution >= 4 is 11.6 Å². The normalized spacial score (nSPS) is 25.9. The van der Waals surface area contributed by atoms with E-state index in [9.17, 15) is 0 Å². The van der Waals surface area contributed by atoms with Crippen LogP contribution in [0.3, 0.4) is 0 Å². The fourth-order valence-corrected chi connectivity index (χ4v) is 3.31. The highest BCUT2D eigenvalue weighted by Crippen LogP contribution is 2.41. The van der Waals surface area contributed by atoms with Gasteiger partial charge in [0.05, 0.1) is 11.5 Å². The third kappa shape index (κ3) is 3.04. The fraction of sp³-hybridized carbons (Fsp3) is 0.625. The number of alkyl halides is 1. The Balaban J connectivity index is 1.56. The van der Waals surface area contributed by atoms with Gasteiger partial charge in [-0.2, -0.15) is 0 Å². The number of hydrogen-bond acceptors (Lipinski definition) is 3. The van der Waals surface area contributed by atoms with Gasteiger partial charge in [0.1, 0.15) is 13.2 Å². The van der Waals surface area contributed by atoms with Crippen LogP contribution in [0.5, 0.6) is 11.5 Å². The lowest BCUT2D eigenvalue weighted by atomic mass is 9.78. The Hall–Kier alpha value is -0.930. The first kappa shape index (κ1) is 14.0. The van der Waals surface area contributed by atoms with E-state index in [1.54, 1.807) is 0 Å². The SMILES string of the molecule is CCOC1CC(CC(Cl)c2ccc3c(c2)OCCO3)C1. The van der Waals surface area contributed by atoms with Gasteiger partial charge in [-0.05, 0) is 49.8 Å². The van der Waals surface area contributed by atoms with Crippen molar-refractivity contribution in [2.45, 2.75) is 37.7 Å². The summed E-state index contributed by atoms with van der Waals surface area (Å²) in [5.74, 6) is 2.33. The van der Waals surface area contributed by atoms with E-state index in [0.717, 1.165) is 42.9 Å². The molecule has 1 unspecified atom stereocenters. The van der Waals surface area contributed by atoms with Gasteiger partial charge in [0.25, 0.3) is 0 Å². The molecule has 0 N–H and O–H groups in total. The van der Waals surface area contributed by atoms with Gasteiger partial charge in [-0.15, -0.1) is 11.6 Å². The molecule has 0 spiro atoms. The molecule has 1 fully saturated rings. The zero-order valence-corrected chi connectivity index (χ0v) is 12.6. The molecule has 1 heterocycles. The maximum Gasteiger partial charge on any atom is 0.161 e. The van der Waals surface area contributed by atoms with E-state index in [1.807, 2.05) is 25.1 Å². The molecule has 3 rings (SSSR count). The molecule has 0 bridgehead atoms. The Bertz CT molecular complexity index is 457. The molecule has 4 heteroatoms. The zero-order valence-electron chi connectivity index (χ0n) is 11.8. The van der Waals surface area contributed by atoms with Gasteiger partial charge >= 0.3 is 0 Å². The minimum atomic E-state index is 0.0402. The molecule has 110 valence electrons. The van der Waals surface area contributed by atoms with Crippen molar-refractivity contribution < 1.29 is 14.2 Å². The third-order valence-corrected chi connectivity index (χ3v) is 4.49. The fourth-order valence-electron chi connectivity index (χ4n) is 2.92. The van der Waals surface area contributed by atoms with Gasteiger partial charge in [0, 0.05) is 6.61 Å². The van der Waals surface area contributed by atoms with Crippen molar-refractivity contribution in [1.82, 2.24) is 0 Å². The van der Waals surface area contributed by atoms with Crippen molar-refractivity contribution in [1.29, 1.82) is 0 Å². The summed E-state index contributed by atoms with van der Waals surface area (Å²) >= 11 is 6.54. The number of ether oxygens (including phenoxy) is 3. The van der Waals surface area contributed by atoms with E-state index in [4.69, 9.17) is 25.8 Å². The predicted molar refractivity (Wildman–Crippen MR) is 78.8 cm³/mol. The standard InChI is InChI=1S/C16H21ClO3/c1-2-18-13-7-11(8-13)9-14(17)12-3-4-15-16(10-12)20-6-5-19-15/h3-4,10-11,13-14H,2,5-9H2,1H3. The topological polar surface area (TPSA) is 27.7 Å². The van der Waals surface area contributed by atoms with E-state index in [1.165, 1.54) is 0 Å². The molecule has 0 radical (unpaired) electrons. The Labute approximate surface area is 125 Å². The molecule has 2 aliphatic rings. The number of hydrogen-bond donors (Lipinski definition) is 0. The maximum atomic E-state index is 6.54. The summed E-state index contributed by atoms with van der Waals surface area (Å²) in [5, 5.41) is 0.0402. The molecule has 0 aromatic heterocycles. The molecular formula is C16H21ClO3. The van der Waals surface area contributed by atoms with Crippen LogP contribution in [0.25, 0.3) is 0 Å². The van der Waals surface area contributed by atoms with Crippen LogP contribution in [0.2, 0.25) is 0 Å². The van der Waals surface area contributed by atoms with E-state index in [2.05, 4.69) is 0 Å². The van der Waals surface area contributed by atoms with Crippen LogP contribution < -0.4 is 9.47 Å². The van der Waals surface area contributed by atoms with Crippen LogP contribution in [0, 0.1) is 5.92 Å². The lowest BCUT2D eigenvalue weighted by Gasteiger charge is -2.36. The largest absolute Gasteiger partial charge is 0.486 e. The summed E-state index contributed by atoms with van der Waals surface area (Å²) in [6, 6.07) is 6.03. The van der Waals surface area contributed by atoms with Crippen LogP contribution in [0.15, 0.2) is 18.2 Å². The van der Waals surface area contributed by atoms with Gasteiger partial charge < -0.3 is 14.2 Å². The lowest BCUT2D eigenvalue weighted by Crippen LogP contribution is -2.31. The summed E-state index contributed by atoms with van der Waals surface area (Å²) in [6.45, 7) is 4.09. The van der Waals surface area contributed by atoms with E-state index in [0.29, 0.717) is 25.2 Å². The molecule has 1 saturated carbocycles. The average molecular weight is 297 g/mol. The quantitative estimate of drug-likeness (QED) is 0.770. The zero-order chi connectivity index (χ0) is 13.9. The van der Waals surface area contributed by atoms with Crippen molar-refractivity contribution in [3.63, 3.8) is 0 Å². The lowest BCUT2D eigenvalue weighted by molar-refractivity contribution is -0.0267. The van der Waals surface area contributed by atoms with Crippen LogP contribution >= 0.6 is 11.6 Å². The Morgan fingerprint density at radius 2 is 2.00 bits per heavy atom. The van der Waals surface area contributed by atoms with Crippen LogP contribution in [0.4, 0.5) is 0 Å². The number of rotatable bonds is 5. The Kier molecular flexibility index (Phi) is 4.37.